The molecule has 1 aromatic carbocycles. The highest BCUT2D eigenvalue weighted by Gasteiger charge is 2.39. The average Bonchev–Trinajstić information content (AvgIpc) is 2.45. The molecule has 1 N–H and O–H groups in total. The molecule has 0 amide bonds. The summed E-state index contributed by atoms with van der Waals surface area (Å²) in [4.78, 5) is 0. The van der Waals surface area contributed by atoms with E-state index >= 15 is 0 Å². The molecule has 0 saturated carbocycles. The van der Waals surface area contributed by atoms with Crippen molar-refractivity contribution in [2.45, 2.75) is 64.5 Å². The molecular formula is C19H32O2Si. The van der Waals surface area contributed by atoms with Crippen molar-refractivity contribution in [1.29, 1.82) is 0 Å². The van der Waals surface area contributed by atoms with Gasteiger partial charge < -0.3 is 9.53 Å². The van der Waals surface area contributed by atoms with Gasteiger partial charge >= 0.3 is 0 Å². The van der Waals surface area contributed by atoms with Crippen molar-refractivity contribution in [1.82, 2.24) is 0 Å². The molecule has 0 saturated heterocycles. The molecule has 0 radical (unpaired) electrons. The maximum Gasteiger partial charge on any atom is 0.192 e. The van der Waals surface area contributed by atoms with Gasteiger partial charge in [0.1, 0.15) is 0 Å². The summed E-state index contributed by atoms with van der Waals surface area (Å²) < 4.78 is 6.60. The van der Waals surface area contributed by atoms with E-state index < -0.39 is 14.4 Å². The smallest absolute Gasteiger partial charge is 0.192 e. The highest BCUT2D eigenvalue weighted by atomic mass is 28.4. The number of aliphatic hydroxyl groups is 1. The zero-order valence-corrected chi connectivity index (χ0v) is 16.0. The Morgan fingerprint density at radius 2 is 1.77 bits per heavy atom. The minimum atomic E-state index is -1.90. The molecule has 1 rings (SSSR count). The van der Waals surface area contributed by atoms with E-state index in [0.29, 0.717) is 6.42 Å². The first-order chi connectivity index (χ1) is 10.1. The molecule has 1 aromatic rings. The monoisotopic (exact) mass is 320 g/mol. The van der Waals surface area contributed by atoms with Gasteiger partial charge in [0, 0.05) is 6.42 Å². The molecule has 0 aliphatic rings. The summed E-state index contributed by atoms with van der Waals surface area (Å²) in [7, 11) is -1.90. The van der Waals surface area contributed by atoms with Crippen molar-refractivity contribution in [3.63, 3.8) is 0 Å². The lowest BCUT2D eigenvalue weighted by Crippen LogP contribution is -2.42. The summed E-state index contributed by atoms with van der Waals surface area (Å²) in [5.74, 6) is 0.0641. The minimum absolute atomic E-state index is 0.0641. The van der Waals surface area contributed by atoms with E-state index in [0.717, 1.165) is 5.56 Å². The Morgan fingerprint density at radius 3 is 2.23 bits per heavy atom. The van der Waals surface area contributed by atoms with Gasteiger partial charge in [-0.05, 0) is 29.6 Å². The molecule has 3 heteroatoms. The summed E-state index contributed by atoms with van der Waals surface area (Å²) in [6.45, 7) is 17.0. The largest absolute Gasteiger partial charge is 0.410 e. The number of hydrogen-bond acceptors (Lipinski definition) is 2. The molecule has 22 heavy (non-hydrogen) atoms. The molecule has 2 nitrogen and oxygen atoms in total. The van der Waals surface area contributed by atoms with Gasteiger partial charge in [-0.2, -0.15) is 0 Å². The van der Waals surface area contributed by atoms with E-state index in [2.05, 4.69) is 52.6 Å². The van der Waals surface area contributed by atoms with Crippen LogP contribution in [0.15, 0.2) is 43.0 Å². The van der Waals surface area contributed by atoms with Crippen LogP contribution in [-0.4, -0.2) is 19.5 Å². The molecule has 0 unspecified atom stereocenters. The third-order valence-electron chi connectivity index (χ3n) is 4.85. The van der Waals surface area contributed by atoms with E-state index in [4.69, 9.17) is 4.43 Å². The number of rotatable bonds is 7. The van der Waals surface area contributed by atoms with Crippen LogP contribution in [0.5, 0.6) is 0 Å². The van der Waals surface area contributed by atoms with Crippen LogP contribution in [0.1, 0.15) is 45.8 Å². The molecular weight excluding hydrogens is 288 g/mol. The molecule has 0 heterocycles. The van der Waals surface area contributed by atoms with Gasteiger partial charge in [0.2, 0.25) is 0 Å². The third-order valence-corrected chi connectivity index (χ3v) is 9.33. The van der Waals surface area contributed by atoms with Gasteiger partial charge in [0.15, 0.2) is 8.32 Å². The van der Waals surface area contributed by atoms with E-state index in [1.165, 1.54) is 0 Å². The second kappa shape index (κ2) is 7.58. The molecule has 0 aliphatic carbocycles. The van der Waals surface area contributed by atoms with Crippen LogP contribution in [-0.2, 0) is 4.43 Å². The second-order valence-electron chi connectivity index (χ2n) is 7.68. The Kier molecular flexibility index (Phi) is 6.60. The van der Waals surface area contributed by atoms with Crippen molar-refractivity contribution < 1.29 is 9.53 Å². The van der Waals surface area contributed by atoms with Crippen LogP contribution < -0.4 is 0 Å². The Hall–Kier alpha value is -0.903. The Balaban J connectivity index is 3.00. The van der Waals surface area contributed by atoms with Crippen molar-refractivity contribution in [2.24, 2.45) is 5.92 Å². The standard InChI is InChI=1S/C19H32O2Si/c1-8-15(2)17(20)14-18(16-12-10-9-11-13-16)21-22(6,7)19(3,4)5/h8-13,15,17-18,20H,1,14H2,2-7H3/t15-,17+,18+/m1/s1. The molecule has 3 atom stereocenters. The minimum Gasteiger partial charge on any atom is -0.410 e. The normalized spacial score (nSPS) is 16.9. The maximum absolute atomic E-state index is 10.4. The molecule has 0 aromatic heterocycles. The molecule has 0 spiro atoms. The molecule has 0 fully saturated rings. The Bertz CT molecular complexity index is 462. The van der Waals surface area contributed by atoms with Crippen LogP contribution in [0.25, 0.3) is 0 Å². The fourth-order valence-corrected chi connectivity index (χ4v) is 3.34. The van der Waals surface area contributed by atoms with E-state index in [-0.39, 0.29) is 17.1 Å². The quantitative estimate of drug-likeness (QED) is 0.544. The van der Waals surface area contributed by atoms with Gasteiger partial charge in [0.05, 0.1) is 12.2 Å². The zero-order valence-electron chi connectivity index (χ0n) is 15.0. The molecule has 0 bridgehead atoms. The van der Waals surface area contributed by atoms with Gasteiger partial charge in [-0.25, -0.2) is 0 Å². The number of hydrogen-bond donors (Lipinski definition) is 1. The van der Waals surface area contributed by atoms with E-state index in [9.17, 15) is 5.11 Å². The highest BCUT2D eigenvalue weighted by molar-refractivity contribution is 6.74. The Morgan fingerprint density at radius 1 is 1.23 bits per heavy atom. The van der Waals surface area contributed by atoms with Crippen LogP contribution in [0.4, 0.5) is 0 Å². The van der Waals surface area contributed by atoms with Crippen LogP contribution in [0.2, 0.25) is 18.1 Å². The van der Waals surface area contributed by atoms with Crippen molar-refractivity contribution in [3.05, 3.63) is 48.6 Å². The maximum atomic E-state index is 10.4. The first-order valence-electron chi connectivity index (χ1n) is 8.12. The average molecular weight is 321 g/mol. The van der Waals surface area contributed by atoms with E-state index in [1.807, 2.05) is 25.1 Å². The van der Waals surface area contributed by atoms with Crippen LogP contribution in [0.3, 0.4) is 0 Å². The summed E-state index contributed by atoms with van der Waals surface area (Å²) in [5.41, 5.74) is 1.14. The number of benzene rings is 1. The first kappa shape index (κ1) is 19.1. The fourth-order valence-electron chi connectivity index (χ4n) is 2.04. The van der Waals surface area contributed by atoms with Crippen LogP contribution in [0, 0.1) is 5.92 Å². The third kappa shape index (κ3) is 5.08. The second-order valence-corrected chi connectivity index (χ2v) is 12.4. The summed E-state index contributed by atoms with van der Waals surface area (Å²) in [5, 5.41) is 10.6. The van der Waals surface area contributed by atoms with Crippen molar-refractivity contribution >= 4 is 8.32 Å². The number of aliphatic hydroxyl groups excluding tert-OH is 1. The fraction of sp³-hybridized carbons (Fsp3) is 0.579. The van der Waals surface area contributed by atoms with Crippen LogP contribution >= 0.6 is 0 Å². The lowest BCUT2D eigenvalue weighted by atomic mass is 9.96. The molecule has 0 aliphatic heterocycles. The topological polar surface area (TPSA) is 29.5 Å². The molecule has 124 valence electrons. The predicted octanol–water partition coefficient (Wildman–Crippen LogP) is 5.32. The lowest BCUT2D eigenvalue weighted by Gasteiger charge is -2.40. The van der Waals surface area contributed by atoms with Gasteiger partial charge in [-0.3, -0.25) is 0 Å². The van der Waals surface area contributed by atoms with Gasteiger partial charge in [0.25, 0.3) is 0 Å². The van der Waals surface area contributed by atoms with Crippen molar-refractivity contribution in [2.75, 3.05) is 0 Å². The highest BCUT2D eigenvalue weighted by Crippen LogP contribution is 2.41. The van der Waals surface area contributed by atoms with Gasteiger partial charge in [-0.1, -0.05) is 64.1 Å². The SMILES string of the molecule is C=C[C@@H](C)[C@@H](O)C[C@H](O[Si](C)(C)C(C)(C)C)c1ccccc1. The summed E-state index contributed by atoms with van der Waals surface area (Å²) in [6, 6.07) is 10.2. The summed E-state index contributed by atoms with van der Waals surface area (Å²) >= 11 is 0. The predicted molar refractivity (Wildman–Crippen MR) is 97.4 cm³/mol. The first-order valence-corrected chi connectivity index (χ1v) is 11.0. The van der Waals surface area contributed by atoms with E-state index in [1.54, 1.807) is 6.08 Å². The Labute approximate surface area is 137 Å². The lowest BCUT2D eigenvalue weighted by molar-refractivity contribution is 0.0653. The zero-order chi connectivity index (χ0) is 17.0. The van der Waals surface area contributed by atoms with Gasteiger partial charge in [-0.15, -0.1) is 6.58 Å². The summed E-state index contributed by atoms with van der Waals surface area (Å²) in [6.07, 6.45) is 1.90. The van der Waals surface area contributed by atoms with Crippen molar-refractivity contribution in [3.8, 4) is 0 Å².